The summed E-state index contributed by atoms with van der Waals surface area (Å²) in [7, 11) is 0. The number of nitrogens with zero attached hydrogens (tertiary/aromatic N) is 5. The first-order valence-electron chi connectivity index (χ1n) is 12.7. The average Bonchev–Trinajstić information content (AvgIpc) is 2.90. The third-order valence-corrected chi connectivity index (χ3v) is 6.18. The normalized spacial score (nSPS) is 14.2. The van der Waals surface area contributed by atoms with Crippen LogP contribution in [-0.2, 0) is 18.6 Å². The van der Waals surface area contributed by atoms with E-state index in [1.165, 1.54) is 26.1 Å². The summed E-state index contributed by atoms with van der Waals surface area (Å²) >= 11 is 6.28. The van der Waals surface area contributed by atoms with Crippen molar-refractivity contribution >= 4 is 17.5 Å². The van der Waals surface area contributed by atoms with Gasteiger partial charge in [-0.25, -0.2) is 23.1 Å². The molecule has 0 bridgehead atoms. The minimum atomic E-state index is -3.01. The zero-order valence-corrected chi connectivity index (χ0v) is 21.6. The molecule has 4 aromatic rings. The van der Waals surface area contributed by atoms with Crippen LogP contribution < -0.4 is 15.6 Å². The highest BCUT2D eigenvalue weighted by Crippen LogP contribution is 2.31. The molecule has 0 spiro atoms. The Labute approximate surface area is 232 Å². The Hall–Kier alpha value is -4.36. The van der Waals surface area contributed by atoms with Gasteiger partial charge in [0.25, 0.3) is 11.5 Å². The number of hydrogen-bond acceptors (Lipinski definition) is 8. The summed E-state index contributed by atoms with van der Waals surface area (Å²) in [5.41, 5.74) is -4.65. The standard InChI is InChI=1S/C26H20ClF3N6O4/c1-26(2,39)25-32-6-4-16(35-25)21-20(30)22-14(10-34-21)23(37)31-5-3-13-8-18(19(27)24(38)36(13)22)40-11-17-15(29)7-12(28)9-33-17/h4,6-10,39H,3,5,11H2,1-2H3,(H,31,37)/i11D2. The van der Waals surface area contributed by atoms with E-state index in [4.69, 9.17) is 19.1 Å². The smallest absolute Gasteiger partial charge is 0.278 e. The van der Waals surface area contributed by atoms with Crippen molar-refractivity contribution in [3.8, 4) is 22.8 Å². The Morgan fingerprint density at radius 2 is 1.98 bits per heavy atom. The van der Waals surface area contributed by atoms with Gasteiger partial charge in [-0.2, -0.15) is 0 Å². The molecule has 0 saturated carbocycles. The first-order chi connectivity index (χ1) is 19.7. The number of nitrogens with one attached hydrogen (secondary N) is 1. The van der Waals surface area contributed by atoms with Gasteiger partial charge in [0.05, 0.1) is 20.2 Å². The molecule has 10 nitrogen and oxygen atoms in total. The second-order valence-electron chi connectivity index (χ2n) is 9.16. The monoisotopic (exact) mass is 574 g/mol. The predicted octanol–water partition coefficient (Wildman–Crippen LogP) is 3.25. The second-order valence-corrected chi connectivity index (χ2v) is 9.53. The first-order valence-corrected chi connectivity index (χ1v) is 12.0. The molecule has 5 rings (SSSR count). The molecular weight excluding hydrogens is 553 g/mol. The molecule has 0 unspecified atom stereocenters. The van der Waals surface area contributed by atoms with Gasteiger partial charge in [-0.1, -0.05) is 11.6 Å². The van der Waals surface area contributed by atoms with Gasteiger partial charge < -0.3 is 15.2 Å². The number of fused-ring (bicyclic) bond motifs is 3. The van der Waals surface area contributed by atoms with E-state index < -0.39 is 63.2 Å². The zero-order valence-electron chi connectivity index (χ0n) is 22.8. The largest absolute Gasteiger partial charge is 0.485 e. The van der Waals surface area contributed by atoms with E-state index in [-0.39, 0.29) is 41.4 Å². The Balaban J connectivity index is 1.69. The molecule has 14 heteroatoms. The lowest BCUT2D eigenvalue weighted by Crippen LogP contribution is -2.35. The SMILES string of the molecule is [2H]C([2H])(Oc1cc2n(c(=O)c1Cl)-c1c(cnc(-c3ccnc(C(C)(C)O)n3)c1F)C(=O)NCC2)c1ncc(F)cc1F. The molecule has 0 aliphatic carbocycles. The summed E-state index contributed by atoms with van der Waals surface area (Å²) in [5, 5.41) is 12.2. The number of halogens is 4. The highest BCUT2D eigenvalue weighted by Gasteiger charge is 2.29. The second kappa shape index (κ2) is 10.3. The lowest BCUT2D eigenvalue weighted by molar-refractivity contribution is 0.0688. The zero-order chi connectivity index (χ0) is 30.6. The van der Waals surface area contributed by atoms with Crippen LogP contribution in [0.1, 0.15) is 44.2 Å². The number of ether oxygens (including phenoxy) is 1. The van der Waals surface area contributed by atoms with E-state index in [9.17, 15) is 23.5 Å². The number of carbonyl (C=O) groups excluding carboxylic acids is 1. The molecule has 1 amide bonds. The van der Waals surface area contributed by atoms with Gasteiger partial charge in [0.1, 0.15) is 45.8 Å². The van der Waals surface area contributed by atoms with Gasteiger partial charge in [-0.15, -0.1) is 0 Å². The minimum Gasteiger partial charge on any atom is -0.485 e. The summed E-state index contributed by atoms with van der Waals surface area (Å²) in [4.78, 5) is 42.1. The molecule has 5 heterocycles. The minimum absolute atomic E-state index is 0.0238. The highest BCUT2D eigenvalue weighted by molar-refractivity contribution is 6.31. The number of aliphatic hydroxyl groups is 1. The van der Waals surface area contributed by atoms with E-state index >= 15 is 4.39 Å². The van der Waals surface area contributed by atoms with Crippen LogP contribution in [0.15, 0.2) is 41.6 Å². The lowest BCUT2D eigenvalue weighted by atomic mass is 10.1. The maximum Gasteiger partial charge on any atom is 0.278 e. The summed E-state index contributed by atoms with van der Waals surface area (Å²) in [6, 6.07) is 2.88. The van der Waals surface area contributed by atoms with Crippen molar-refractivity contribution < 1.29 is 30.6 Å². The third-order valence-electron chi connectivity index (χ3n) is 5.83. The van der Waals surface area contributed by atoms with E-state index in [1.54, 1.807) is 0 Å². The number of amides is 1. The molecule has 0 saturated heterocycles. The van der Waals surface area contributed by atoms with Crippen molar-refractivity contribution in [2.75, 3.05) is 6.54 Å². The lowest BCUT2D eigenvalue weighted by Gasteiger charge is -2.22. The van der Waals surface area contributed by atoms with Gasteiger partial charge in [0.15, 0.2) is 17.5 Å². The molecule has 206 valence electrons. The van der Waals surface area contributed by atoms with Gasteiger partial charge in [-0.05, 0) is 19.9 Å². The van der Waals surface area contributed by atoms with Crippen LogP contribution in [0, 0.1) is 17.5 Å². The third kappa shape index (κ3) is 5.00. The van der Waals surface area contributed by atoms with Crippen LogP contribution in [0.25, 0.3) is 17.1 Å². The number of hydrogen-bond donors (Lipinski definition) is 2. The quantitative estimate of drug-likeness (QED) is 0.371. The summed E-state index contributed by atoms with van der Waals surface area (Å²) in [5.74, 6) is -4.79. The number of pyridine rings is 3. The Morgan fingerprint density at radius 3 is 2.70 bits per heavy atom. The molecule has 1 aliphatic heterocycles. The van der Waals surface area contributed by atoms with Crippen molar-refractivity contribution in [3.05, 3.63) is 92.4 Å². The maximum atomic E-state index is 16.3. The fourth-order valence-electron chi connectivity index (χ4n) is 3.93. The fraction of sp³-hybridized carbons (Fsp3) is 0.231. The predicted molar refractivity (Wildman–Crippen MR) is 136 cm³/mol. The maximum absolute atomic E-state index is 16.3. The van der Waals surface area contributed by atoms with Crippen LogP contribution >= 0.6 is 11.6 Å². The molecule has 2 N–H and O–H groups in total. The fourth-order valence-corrected chi connectivity index (χ4v) is 4.11. The molecule has 0 fully saturated rings. The molecule has 0 atom stereocenters. The average molecular weight is 575 g/mol. The van der Waals surface area contributed by atoms with Crippen LogP contribution in [0.2, 0.25) is 5.02 Å². The topological polar surface area (TPSA) is 132 Å². The summed E-state index contributed by atoms with van der Waals surface area (Å²) in [6.07, 6.45) is 2.87. The van der Waals surface area contributed by atoms with Gasteiger partial charge in [-0.3, -0.25) is 24.1 Å². The van der Waals surface area contributed by atoms with Crippen molar-refractivity contribution in [1.29, 1.82) is 0 Å². The van der Waals surface area contributed by atoms with E-state index in [1.807, 2.05) is 0 Å². The van der Waals surface area contributed by atoms with Gasteiger partial charge in [0, 0.05) is 43.2 Å². The molecular formula is C26H20ClF3N6O4. The van der Waals surface area contributed by atoms with Gasteiger partial charge in [0.2, 0.25) is 0 Å². The molecule has 0 radical (unpaired) electrons. The van der Waals surface area contributed by atoms with Crippen molar-refractivity contribution in [1.82, 2.24) is 29.8 Å². The van der Waals surface area contributed by atoms with Crippen LogP contribution in [-0.4, -0.2) is 42.1 Å². The number of aromatic nitrogens is 5. The van der Waals surface area contributed by atoms with Crippen molar-refractivity contribution in [2.45, 2.75) is 32.4 Å². The van der Waals surface area contributed by atoms with Crippen LogP contribution in [0.3, 0.4) is 0 Å². The number of rotatable bonds is 5. The van der Waals surface area contributed by atoms with E-state index in [0.717, 1.165) is 16.8 Å². The Bertz CT molecular complexity index is 1820. The Kier molecular flexibility index (Phi) is 6.36. The number of carbonyl (C=O) groups is 1. The van der Waals surface area contributed by atoms with Crippen LogP contribution in [0.4, 0.5) is 13.2 Å². The summed E-state index contributed by atoms with van der Waals surface area (Å²) in [6.45, 7) is -0.166. The first kappa shape index (κ1) is 24.7. The molecule has 4 aromatic heterocycles. The summed E-state index contributed by atoms with van der Waals surface area (Å²) < 4.78 is 66.3. The van der Waals surface area contributed by atoms with Crippen molar-refractivity contribution in [2.24, 2.45) is 0 Å². The molecule has 40 heavy (non-hydrogen) atoms. The Morgan fingerprint density at radius 1 is 1.20 bits per heavy atom. The van der Waals surface area contributed by atoms with E-state index in [0.29, 0.717) is 12.3 Å². The van der Waals surface area contributed by atoms with Gasteiger partial charge >= 0.3 is 0 Å². The van der Waals surface area contributed by atoms with Crippen molar-refractivity contribution in [3.63, 3.8) is 0 Å². The molecule has 0 aromatic carbocycles. The highest BCUT2D eigenvalue weighted by atomic mass is 35.5. The van der Waals surface area contributed by atoms with E-state index in [2.05, 4.69) is 25.3 Å². The molecule has 1 aliphatic rings. The van der Waals surface area contributed by atoms with Crippen LogP contribution in [0.5, 0.6) is 5.75 Å².